The lowest BCUT2D eigenvalue weighted by molar-refractivity contribution is -0.148. The van der Waals surface area contributed by atoms with Gasteiger partial charge in [0, 0.05) is 18.5 Å². The van der Waals surface area contributed by atoms with Crippen LogP contribution in [0.2, 0.25) is 0 Å². The van der Waals surface area contributed by atoms with Crippen LogP contribution in [0.15, 0.2) is 18.3 Å². The SMILES string of the molecule is CCOC1(C(=O)Cc2ccc(CC)cn2)CCCCC1. The average molecular weight is 275 g/mol. The van der Waals surface area contributed by atoms with Crippen molar-refractivity contribution >= 4 is 5.78 Å². The Morgan fingerprint density at radius 3 is 2.55 bits per heavy atom. The van der Waals surface area contributed by atoms with Crippen LogP contribution >= 0.6 is 0 Å². The Morgan fingerprint density at radius 1 is 1.25 bits per heavy atom. The van der Waals surface area contributed by atoms with Gasteiger partial charge in [0.2, 0.25) is 0 Å². The summed E-state index contributed by atoms with van der Waals surface area (Å²) in [4.78, 5) is 17.1. The molecule has 1 saturated carbocycles. The molecule has 0 N–H and O–H groups in total. The maximum atomic E-state index is 12.7. The van der Waals surface area contributed by atoms with Crippen LogP contribution < -0.4 is 0 Å². The molecule has 1 heterocycles. The quantitative estimate of drug-likeness (QED) is 0.797. The summed E-state index contributed by atoms with van der Waals surface area (Å²) in [6, 6.07) is 4.03. The minimum atomic E-state index is -0.544. The van der Waals surface area contributed by atoms with Crippen molar-refractivity contribution in [2.24, 2.45) is 0 Å². The van der Waals surface area contributed by atoms with Crippen molar-refractivity contribution in [1.82, 2.24) is 4.98 Å². The third kappa shape index (κ3) is 3.45. The van der Waals surface area contributed by atoms with Gasteiger partial charge in [0.05, 0.1) is 6.42 Å². The minimum Gasteiger partial charge on any atom is -0.367 e. The zero-order chi connectivity index (χ0) is 14.4. The first-order valence-electron chi connectivity index (χ1n) is 7.81. The molecular formula is C17H25NO2. The Morgan fingerprint density at radius 2 is 2.00 bits per heavy atom. The van der Waals surface area contributed by atoms with Gasteiger partial charge in [-0.15, -0.1) is 0 Å². The Kier molecular flexibility index (Phi) is 5.30. The molecule has 0 atom stereocenters. The second-order valence-corrected chi connectivity index (χ2v) is 5.60. The van der Waals surface area contributed by atoms with E-state index in [4.69, 9.17) is 4.74 Å². The van der Waals surface area contributed by atoms with Gasteiger partial charge in [-0.3, -0.25) is 9.78 Å². The Balaban J connectivity index is 2.07. The van der Waals surface area contributed by atoms with Crippen molar-refractivity contribution < 1.29 is 9.53 Å². The van der Waals surface area contributed by atoms with E-state index in [2.05, 4.69) is 18.0 Å². The summed E-state index contributed by atoms with van der Waals surface area (Å²) in [6.07, 6.45) is 8.37. The molecule has 2 rings (SSSR count). The number of Topliss-reactive ketones (excluding diaryl/α,β-unsaturated/α-hetero) is 1. The molecule has 1 aromatic heterocycles. The van der Waals surface area contributed by atoms with E-state index in [0.29, 0.717) is 13.0 Å². The number of ketones is 1. The first-order chi connectivity index (χ1) is 9.70. The maximum Gasteiger partial charge on any atom is 0.170 e. The molecule has 3 nitrogen and oxygen atoms in total. The molecule has 0 bridgehead atoms. The highest BCUT2D eigenvalue weighted by molar-refractivity contribution is 5.89. The molecule has 0 unspecified atom stereocenters. The fourth-order valence-corrected chi connectivity index (χ4v) is 3.00. The van der Waals surface area contributed by atoms with Crippen LogP contribution in [-0.2, 0) is 22.4 Å². The third-order valence-electron chi connectivity index (χ3n) is 4.23. The van der Waals surface area contributed by atoms with E-state index in [-0.39, 0.29) is 5.78 Å². The summed E-state index contributed by atoms with van der Waals surface area (Å²) in [5.41, 5.74) is 1.52. The van der Waals surface area contributed by atoms with Gasteiger partial charge in [-0.25, -0.2) is 0 Å². The second-order valence-electron chi connectivity index (χ2n) is 5.60. The van der Waals surface area contributed by atoms with E-state index in [1.807, 2.05) is 19.2 Å². The number of hydrogen-bond donors (Lipinski definition) is 0. The smallest absolute Gasteiger partial charge is 0.170 e. The lowest BCUT2D eigenvalue weighted by atomic mass is 9.80. The highest BCUT2D eigenvalue weighted by Gasteiger charge is 2.39. The number of aromatic nitrogens is 1. The molecule has 0 spiro atoms. The van der Waals surface area contributed by atoms with E-state index in [9.17, 15) is 4.79 Å². The summed E-state index contributed by atoms with van der Waals surface area (Å²) in [5.74, 6) is 0.204. The first kappa shape index (κ1) is 15.2. The number of nitrogens with zero attached hydrogens (tertiary/aromatic N) is 1. The number of pyridine rings is 1. The topological polar surface area (TPSA) is 39.2 Å². The number of aryl methyl sites for hydroxylation is 1. The maximum absolute atomic E-state index is 12.7. The van der Waals surface area contributed by atoms with E-state index < -0.39 is 5.60 Å². The standard InChI is InChI=1S/C17H25NO2/c1-3-14-8-9-15(18-13-14)12-16(19)17(20-4-2)10-6-5-7-11-17/h8-9,13H,3-7,10-12H2,1-2H3. The van der Waals surface area contributed by atoms with E-state index in [0.717, 1.165) is 37.8 Å². The van der Waals surface area contributed by atoms with Gasteiger partial charge in [0.1, 0.15) is 5.60 Å². The van der Waals surface area contributed by atoms with Crippen LogP contribution in [0.4, 0.5) is 0 Å². The Bertz CT molecular complexity index is 427. The Hall–Kier alpha value is -1.22. The van der Waals surface area contributed by atoms with Crippen molar-refractivity contribution in [3.8, 4) is 0 Å². The monoisotopic (exact) mass is 275 g/mol. The molecule has 1 aromatic rings. The van der Waals surface area contributed by atoms with Crippen molar-refractivity contribution in [3.05, 3.63) is 29.6 Å². The molecule has 0 saturated heterocycles. The molecule has 0 aliphatic heterocycles. The van der Waals surface area contributed by atoms with E-state index in [1.54, 1.807) is 0 Å². The number of hydrogen-bond acceptors (Lipinski definition) is 3. The van der Waals surface area contributed by atoms with Gasteiger partial charge in [-0.2, -0.15) is 0 Å². The molecular weight excluding hydrogens is 250 g/mol. The molecule has 110 valence electrons. The number of ether oxygens (including phenoxy) is 1. The normalized spacial score (nSPS) is 17.9. The Labute approximate surface area is 121 Å². The zero-order valence-corrected chi connectivity index (χ0v) is 12.7. The summed E-state index contributed by atoms with van der Waals surface area (Å²) in [6.45, 7) is 4.68. The molecule has 20 heavy (non-hydrogen) atoms. The van der Waals surface area contributed by atoms with Gasteiger partial charge in [-0.1, -0.05) is 32.3 Å². The van der Waals surface area contributed by atoms with Gasteiger partial charge < -0.3 is 4.74 Å². The molecule has 0 radical (unpaired) electrons. The largest absolute Gasteiger partial charge is 0.367 e. The van der Waals surface area contributed by atoms with E-state index >= 15 is 0 Å². The van der Waals surface area contributed by atoms with Gasteiger partial charge in [0.15, 0.2) is 5.78 Å². The summed E-state index contributed by atoms with van der Waals surface area (Å²) >= 11 is 0. The molecule has 0 aromatic carbocycles. The zero-order valence-electron chi connectivity index (χ0n) is 12.7. The number of rotatable bonds is 6. The predicted molar refractivity (Wildman–Crippen MR) is 79.8 cm³/mol. The number of carbonyl (C=O) groups is 1. The van der Waals surface area contributed by atoms with Gasteiger partial charge in [0.25, 0.3) is 0 Å². The minimum absolute atomic E-state index is 0.204. The molecule has 1 aliphatic rings. The first-order valence-corrected chi connectivity index (χ1v) is 7.81. The van der Waals surface area contributed by atoms with E-state index in [1.165, 1.54) is 12.0 Å². The average Bonchev–Trinajstić information content (AvgIpc) is 2.49. The second kappa shape index (κ2) is 6.98. The van der Waals surface area contributed by atoms with Crippen molar-refractivity contribution in [2.45, 2.75) is 64.4 Å². The van der Waals surface area contributed by atoms with Gasteiger partial charge >= 0.3 is 0 Å². The lowest BCUT2D eigenvalue weighted by Crippen LogP contribution is -2.44. The predicted octanol–water partition coefficient (Wildman–Crippen LogP) is 3.50. The third-order valence-corrected chi connectivity index (χ3v) is 4.23. The summed E-state index contributed by atoms with van der Waals surface area (Å²) in [5, 5.41) is 0. The van der Waals surface area contributed by atoms with Crippen LogP contribution in [0, 0.1) is 0 Å². The van der Waals surface area contributed by atoms with Crippen molar-refractivity contribution in [2.75, 3.05) is 6.61 Å². The summed E-state index contributed by atoms with van der Waals surface area (Å²) < 4.78 is 5.87. The van der Waals surface area contributed by atoms with Crippen molar-refractivity contribution in [1.29, 1.82) is 0 Å². The lowest BCUT2D eigenvalue weighted by Gasteiger charge is -2.35. The van der Waals surface area contributed by atoms with Crippen LogP contribution in [-0.4, -0.2) is 23.0 Å². The molecule has 1 aliphatic carbocycles. The van der Waals surface area contributed by atoms with Crippen LogP contribution in [0.3, 0.4) is 0 Å². The highest BCUT2D eigenvalue weighted by atomic mass is 16.5. The van der Waals surface area contributed by atoms with Crippen LogP contribution in [0.5, 0.6) is 0 Å². The molecule has 1 fully saturated rings. The molecule has 3 heteroatoms. The highest BCUT2D eigenvalue weighted by Crippen LogP contribution is 2.33. The van der Waals surface area contributed by atoms with Crippen LogP contribution in [0.1, 0.15) is 57.2 Å². The number of carbonyl (C=O) groups excluding carboxylic acids is 1. The fourth-order valence-electron chi connectivity index (χ4n) is 3.00. The van der Waals surface area contributed by atoms with Crippen LogP contribution in [0.25, 0.3) is 0 Å². The van der Waals surface area contributed by atoms with Crippen molar-refractivity contribution in [3.63, 3.8) is 0 Å². The molecule has 0 amide bonds. The fraction of sp³-hybridized carbons (Fsp3) is 0.647. The summed E-state index contributed by atoms with van der Waals surface area (Å²) in [7, 11) is 0. The van der Waals surface area contributed by atoms with Gasteiger partial charge in [-0.05, 0) is 37.8 Å².